The van der Waals surface area contributed by atoms with E-state index in [9.17, 15) is 14.4 Å². The van der Waals surface area contributed by atoms with Crippen molar-refractivity contribution in [3.63, 3.8) is 0 Å². The van der Waals surface area contributed by atoms with Crippen LogP contribution in [0.2, 0.25) is 0 Å². The summed E-state index contributed by atoms with van der Waals surface area (Å²) in [5.74, 6) is 0.162. The highest BCUT2D eigenvalue weighted by atomic mass is 16.7. The van der Waals surface area contributed by atoms with Crippen LogP contribution in [-0.2, 0) is 28.6 Å². The Hall–Kier alpha value is -1.85. The van der Waals surface area contributed by atoms with Crippen molar-refractivity contribution in [2.75, 3.05) is 6.61 Å². The van der Waals surface area contributed by atoms with Gasteiger partial charge < -0.3 is 14.2 Å². The molecule has 5 aliphatic rings. The highest BCUT2D eigenvalue weighted by molar-refractivity contribution is 5.92. The van der Waals surface area contributed by atoms with Gasteiger partial charge >= 0.3 is 17.9 Å². The predicted octanol–water partition coefficient (Wildman–Crippen LogP) is 5.59. The van der Waals surface area contributed by atoms with Crippen molar-refractivity contribution < 1.29 is 28.6 Å². The van der Waals surface area contributed by atoms with Gasteiger partial charge in [-0.25, -0.2) is 4.79 Å². The van der Waals surface area contributed by atoms with Gasteiger partial charge in [0.25, 0.3) is 6.29 Å². The summed E-state index contributed by atoms with van der Waals surface area (Å²) in [6, 6.07) is 0. The largest absolute Gasteiger partial charge is 0.465 e. The van der Waals surface area contributed by atoms with Crippen LogP contribution in [0.25, 0.3) is 0 Å². The van der Waals surface area contributed by atoms with Gasteiger partial charge in [-0.1, -0.05) is 40.2 Å². The molecule has 6 nitrogen and oxygen atoms in total. The van der Waals surface area contributed by atoms with E-state index >= 15 is 0 Å². The zero-order valence-corrected chi connectivity index (χ0v) is 22.3. The third kappa shape index (κ3) is 3.52. The Labute approximate surface area is 209 Å². The van der Waals surface area contributed by atoms with Gasteiger partial charge in [0.15, 0.2) is 0 Å². The second kappa shape index (κ2) is 8.08. The van der Waals surface area contributed by atoms with E-state index in [1.807, 2.05) is 0 Å². The molecule has 0 bridgehead atoms. The van der Waals surface area contributed by atoms with E-state index in [2.05, 4.69) is 33.8 Å². The molecule has 0 aromatic carbocycles. The van der Waals surface area contributed by atoms with Crippen LogP contribution in [0.4, 0.5) is 0 Å². The lowest BCUT2D eigenvalue weighted by Crippen LogP contribution is -2.65. The van der Waals surface area contributed by atoms with Crippen molar-refractivity contribution in [3.05, 3.63) is 11.6 Å². The van der Waals surface area contributed by atoms with Crippen LogP contribution in [-0.4, -0.2) is 30.8 Å². The van der Waals surface area contributed by atoms with Crippen molar-refractivity contribution in [1.82, 2.24) is 0 Å². The zero-order chi connectivity index (χ0) is 25.4. The first-order valence-corrected chi connectivity index (χ1v) is 13.6. The molecule has 3 unspecified atom stereocenters. The molecule has 5 rings (SSSR count). The molecule has 0 radical (unpaired) electrons. The first-order valence-electron chi connectivity index (χ1n) is 13.6. The van der Waals surface area contributed by atoms with Crippen LogP contribution in [0.3, 0.4) is 0 Å². The first kappa shape index (κ1) is 24.8. The van der Waals surface area contributed by atoms with Crippen LogP contribution in [0.15, 0.2) is 11.6 Å². The number of carbonyl (C=O) groups is 3. The number of fused-ring (bicyclic) bond motifs is 7. The Morgan fingerprint density at radius 3 is 2.31 bits per heavy atom. The molecule has 8 atom stereocenters. The number of carbonyl (C=O) groups excluding carboxylic acids is 3. The molecule has 3 saturated carbocycles. The lowest BCUT2D eigenvalue weighted by atomic mass is 9.35. The van der Waals surface area contributed by atoms with E-state index in [-0.39, 0.29) is 39.5 Å². The Balaban J connectivity index is 1.56. The lowest BCUT2D eigenvalue weighted by molar-refractivity contribution is -0.233. The summed E-state index contributed by atoms with van der Waals surface area (Å²) in [6.07, 6.45) is 9.84. The summed E-state index contributed by atoms with van der Waals surface area (Å²) >= 11 is 0. The third-order valence-electron chi connectivity index (χ3n) is 11.3. The summed E-state index contributed by atoms with van der Waals surface area (Å²) in [5, 5.41) is 0. The quantitative estimate of drug-likeness (QED) is 0.484. The fourth-order valence-electron chi connectivity index (χ4n) is 10.1. The maximum absolute atomic E-state index is 12.7. The molecule has 0 N–H and O–H groups in total. The molecular formula is C29H42O6. The minimum absolute atomic E-state index is 0.0109. The number of hydrogen-bond acceptors (Lipinski definition) is 6. The van der Waals surface area contributed by atoms with Gasteiger partial charge in [0.05, 0.1) is 12.5 Å². The van der Waals surface area contributed by atoms with Crippen LogP contribution >= 0.6 is 0 Å². The average molecular weight is 487 g/mol. The van der Waals surface area contributed by atoms with Crippen molar-refractivity contribution in [1.29, 1.82) is 0 Å². The number of rotatable bonds is 3. The van der Waals surface area contributed by atoms with E-state index in [0.717, 1.165) is 38.5 Å². The van der Waals surface area contributed by atoms with Gasteiger partial charge in [0.1, 0.15) is 0 Å². The van der Waals surface area contributed by atoms with E-state index in [1.165, 1.54) is 26.7 Å². The number of hydrogen-bond donors (Lipinski definition) is 0. The van der Waals surface area contributed by atoms with Crippen LogP contribution in [0, 0.1) is 45.3 Å². The molecule has 1 saturated heterocycles. The predicted molar refractivity (Wildman–Crippen MR) is 130 cm³/mol. The fraction of sp³-hybridized carbons (Fsp3) is 0.828. The summed E-state index contributed by atoms with van der Waals surface area (Å²) < 4.78 is 17.0. The molecule has 35 heavy (non-hydrogen) atoms. The zero-order valence-electron chi connectivity index (χ0n) is 22.3. The Bertz CT molecular complexity index is 966. The minimum atomic E-state index is -0.834. The monoisotopic (exact) mass is 486 g/mol. The fourth-order valence-corrected chi connectivity index (χ4v) is 10.1. The maximum atomic E-state index is 12.7. The molecule has 0 spiro atoms. The van der Waals surface area contributed by atoms with E-state index in [1.54, 1.807) is 0 Å². The molecule has 4 fully saturated rings. The number of allylic oxidation sites excluding steroid dienone is 1. The minimum Gasteiger partial charge on any atom is -0.465 e. The highest BCUT2D eigenvalue weighted by Gasteiger charge is 2.69. The second-order valence-electron chi connectivity index (χ2n) is 13.4. The Morgan fingerprint density at radius 2 is 1.63 bits per heavy atom. The van der Waals surface area contributed by atoms with Crippen molar-refractivity contribution in [3.8, 4) is 0 Å². The number of esters is 3. The molecule has 6 heteroatoms. The SMILES string of the molecule is CC(=O)OC[C@]12CCCC(C)(C)C1CC[C@]1(C)C2CC[C@@]2(C)C1CC=C1C(=O)O[C@@H](OC(C)=O)[C@@H]12. The van der Waals surface area contributed by atoms with Crippen LogP contribution in [0.5, 0.6) is 0 Å². The normalized spacial score (nSPS) is 45.6. The van der Waals surface area contributed by atoms with Crippen molar-refractivity contribution >= 4 is 17.9 Å². The van der Waals surface area contributed by atoms with Crippen LogP contribution < -0.4 is 0 Å². The van der Waals surface area contributed by atoms with Gasteiger partial charge in [-0.2, -0.15) is 0 Å². The average Bonchev–Trinajstić information content (AvgIpc) is 3.07. The lowest BCUT2D eigenvalue weighted by Gasteiger charge is -2.69. The van der Waals surface area contributed by atoms with E-state index in [0.29, 0.717) is 29.9 Å². The Kier molecular flexibility index (Phi) is 5.73. The highest BCUT2D eigenvalue weighted by Crippen LogP contribution is 2.73. The molecule has 1 aliphatic heterocycles. The number of ether oxygens (including phenoxy) is 3. The standard InChI is InChI=1S/C29H42O6/c1-17(30)33-16-29-13-7-12-26(3,4)20(29)10-14-27(5)21-9-8-19-23(28(21,6)15-11-22(27)29)25(34-18(2)31)35-24(19)32/h8,20-23,25H,7,9-16H2,1-6H3/t20?,21?,22?,23-,25-,27+,28+,29-/m1/s1. The van der Waals surface area contributed by atoms with E-state index in [4.69, 9.17) is 14.2 Å². The summed E-state index contributed by atoms with van der Waals surface area (Å²) in [5.41, 5.74) is 0.765. The molecule has 0 amide bonds. The molecule has 194 valence electrons. The summed E-state index contributed by atoms with van der Waals surface area (Å²) in [7, 11) is 0. The molecular weight excluding hydrogens is 444 g/mol. The first-order chi connectivity index (χ1) is 16.3. The maximum Gasteiger partial charge on any atom is 0.337 e. The summed E-state index contributed by atoms with van der Waals surface area (Å²) in [4.78, 5) is 36.6. The smallest absolute Gasteiger partial charge is 0.337 e. The van der Waals surface area contributed by atoms with Gasteiger partial charge in [0.2, 0.25) is 0 Å². The number of cyclic esters (lactones) is 1. The van der Waals surface area contributed by atoms with Gasteiger partial charge in [-0.05, 0) is 78.9 Å². The molecule has 0 aromatic rings. The Morgan fingerprint density at radius 1 is 0.943 bits per heavy atom. The van der Waals surface area contributed by atoms with Crippen molar-refractivity contribution in [2.45, 2.75) is 99.2 Å². The van der Waals surface area contributed by atoms with E-state index < -0.39 is 12.3 Å². The summed E-state index contributed by atoms with van der Waals surface area (Å²) in [6.45, 7) is 13.0. The molecule has 4 aliphatic carbocycles. The third-order valence-corrected chi connectivity index (χ3v) is 11.3. The van der Waals surface area contributed by atoms with Gasteiger partial charge in [0, 0.05) is 24.8 Å². The van der Waals surface area contributed by atoms with Gasteiger partial charge in [-0.3, -0.25) is 9.59 Å². The van der Waals surface area contributed by atoms with Gasteiger partial charge in [-0.15, -0.1) is 0 Å². The molecule has 1 heterocycles. The van der Waals surface area contributed by atoms with Crippen molar-refractivity contribution in [2.24, 2.45) is 45.3 Å². The topological polar surface area (TPSA) is 78.9 Å². The van der Waals surface area contributed by atoms with Crippen LogP contribution in [0.1, 0.15) is 92.9 Å². The second-order valence-corrected chi connectivity index (χ2v) is 13.4. The molecule has 0 aromatic heterocycles.